The molecular formula is C21H11Cl3F3N5O5. The van der Waals surface area contributed by atoms with E-state index >= 15 is 0 Å². The van der Waals surface area contributed by atoms with Gasteiger partial charge in [0.2, 0.25) is 5.69 Å². The number of benzene rings is 2. The van der Waals surface area contributed by atoms with Crippen LogP contribution in [0.1, 0.15) is 34.1 Å². The Morgan fingerprint density at radius 1 is 1.11 bits per heavy atom. The predicted molar refractivity (Wildman–Crippen MR) is 124 cm³/mol. The van der Waals surface area contributed by atoms with Crippen LogP contribution >= 0.6 is 34.8 Å². The normalized spacial score (nSPS) is 12.9. The van der Waals surface area contributed by atoms with Gasteiger partial charge in [-0.15, -0.1) is 0 Å². The minimum atomic E-state index is -4.82. The van der Waals surface area contributed by atoms with Crippen LogP contribution in [0.4, 0.5) is 18.0 Å². The molecule has 16 heteroatoms. The summed E-state index contributed by atoms with van der Waals surface area (Å²) in [5.74, 6) is -1.43. The zero-order valence-electron chi connectivity index (χ0n) is 18.1. The van der Waals surface area contributed by atoms with Gasteiger partial charge in [-0.05, 0) is 36.8 Å². The maximum atomic E-state index is 13.4. The molecule has 1 aromatic heterocycles. The van der Waals surface area contributed by atoms with Crippen molar-refractivity contribution in [3.05, 3.63) is 88.6 Å². The van der Waals surface area contributed by atoms with Crippen molar-refractivity contribution in [1.82, 2.24) is 20.1 Å². The van der Waals surface area contributed by atoms with E-state index in [4.69, 9.17) is 39.9 Å². The van der Waals surface area contributed by atoms with E-state index in [-0.39, 0.29) is 26.9 Å². The predicted octanol–water partition coefficient (Wildman–Crippen LogP) is 4.14. The fourth-order valence-electron chi connectivity index (χ4n) is 3.36. The number of nitrogens with zero attached hydrogens (tertiary/aromatic N) is 3. The first-order chi connectivity index (χ1) is 17.1. The lowest BCUT2D eigenvalue weighted by molar-refractivity contribution is -0.137. The molecule has 37 heavy (non-hydrogen) atoms. The van der Waals surface area contributed by atoms with E-state index in [0.29, 0.717) is 10.7 Å². The third-order valence-corrected chi connectivity index (χ3v) is 6.03. The van der Waals surface area contributed by atoms with Gasteiger partial charge in [-0.25, -0.2) is 9.59 Å². The molecule has 3 N–H and O–H groups in total. The topological polar surface area (TPSA) is 158 Å². The van der Waals surface area contributed by atoms with Gasteiger partial charge in [-0.3, -0.25) is 19.9 Å². The van der Waals surface area contributed by atoms with Crippen LogP contribution in [0.5, 0.6) is 0 Å². The number of amides is 2. The number of carbonyl (C=O) groups excluding carboxylic acids is 1. The number of H-pyrrole nitrogens is 1. The Kier molecular flexibility index (Phi) is 7.41. The maximum absolute atomic E-state index is 13.4. The summed E-state index contributed by atoms with van der Waals surface area (Å²) in [5.41, 5.74) is -6.95. The van der Waals surface area contributed by atoms with Crippen LogP contribution in [0.2, 0.25) is 15.1 Å². The number of aromatic amines is 1. The van der Waals surface area contributed by atoms with Gasteiger partial charge in [0.05, 0.1) is 22.3 Å². The first-order valence-corrected chi connectivity index (χ1v) is 10.8. The van der Waals surface area contributed by atoms with Gasteiger partial charge >= 0.3 is 18.0 Å². The number of imide groups is 1. The molecule has 0 fully saturated rings. The fourth-order valence-corrected chi connectivity index (χ4v) is 4.44. The fraction of sp³-hybridized carbons (Fsp3) is 0.143. The molecule has 2 aromatic carbocycles. The van der Waals surface area contributed by atoms with E-state index in [9.17, 15) is 37.6 Å². The summed E-state index contributed by atoms with van der Waals surface area (Å²) in [6.07, 6.45) is -6.60. The molecule has 3 rings (SSSR count). The van der Waals surface area contributed by atoms with Crippen molar-refractivity contribution in [2.45, 2.75) is 18.5 Å². The minimum Gasteiger partial charge on any atom is -0.465 e. The molecule has 0 radical (unpaired) electrons. The Morgan fingerprint density at radius 2 is 1.70 bits per heavy atom. The number of nitrogens with one attached hydrogen (secondary N) is 2. The van der Waals surface area contributed by atoms with Gasteiger partial charge in [-0.2, -0.15) is 28.2 Å². The van der Waals surface area contributed by atoms with Gasteiger partial charge in [0.1, 0.15) is 5.41 Å². The second-order valence-corrected chi connectivity index (χ2v) is 8.71. The number of aromatic nitrogens is 3. The third kappa shape index (κ3) is 5.31. The molecule has 0 bridgehead atoms. The average Bonchev–Trinajstić information content (AvgIpc) is 2.77. The Morgan fingerprint density at radius 3 is 2.22 bits per heavy atom. The van der Waals surface area contributed by atoms with Gasteiger partial charge in [-0.1, -0.05) is 40.9 Å². The zero-order valence-corrected chi connectivity index (χ0v) is 20.3. The summed E-state index contributed by atoms with van der Waals surface area (Å²) in [6.45, 7) is 1.27. The Balaban J connectivity index is 2.21. The van der Waals surface area contributed by atoms with Crippen LogP contribution in [0.15, 0.2) is 39.9 Å². The van der Waals surface area contributed by atoms with E-state index in [1.54, 1.807) is 4.98 Å². The lowest BCUT2D eigenvalue weighted by Crippen LogP contribution is -2.40. The zero-order chi connectivity index (χ0) is 27.9. The van der Waals surface area contributed by atoms with Gasteiger partial charge in [0.25, 0.3) is 11.5 Å². The highest BCUT2D eigenvalue weighted by Crippen LogP contribution is 2.44. The summed E-state index contributed by atoms with van der Waals surface area (Å²) in [4.78, 5) is 48.7. The molecule has 0 aliphatic rings. The van der Waals surface area contributed by atoms with Crippen molar-refractivity contribution in [3.63, 3.8) is 0 Å². The molecule has 10 nitrogen and oxygen atoms in total. The van der Waals surface area contributed by atoms with Gasteiger partial charge < -0.3 is 5.11 Å². The molecule has 192 valence electrons. The average molecular weight is 577 g/mol. The third-order valence-electron chi connectivity index (χ3n) is 5.11. The maximum Gasteiger partial charge on any atom is 0.417 e. The van der Waals surface area contributed by atoms with Crippen LogP contribution in [0.3, 0.4) is 0 Å². The highest BCUT2D eigenvalue weighted by molar-refractivity contribution is 6.36. The van der Waals surface area contributed by atoms with Gasteiger partial charge in [0, 0.05) is 15.6 Å². The standard InChI is InChI=1S/C21H11Cl3F3N5O5/c1-20(7-28,8-2-3-11(22)10(4-8)21(25,26)27)14-12(23)5-9(6-13(14)24)32-18(35)29-16(33)15(31-32)17(34)30-19(36)37/h2-6H,1H3,(H,30,34)(H,36,37)(H,29,33,35). The molecule has 1 heterocycles. The van der Waals surface area contributed by atoms with Crippen molar-refractivity contribution in [2.75, 3.05) is 0 Å². The van der Waals surface area contributed by atoms with Crippen LogP contribution in [-0.2, 0) is 11.6 Å². The summed E-state index contributed by atoms with van der Waals surface area (Å²) >= 11 is 18.4. The molecule has 1 atom stereocenters. The second-order valence-electron chi connectivity index (χ2n) is 7.49. The number of hydrogen-bond acceptors (Lipinski definition) is 6. The summed E-state index contributed by atoms with van der Waals surface area (Å²) in [6, 6.07) is 6.87. The summed E-state index contributed by atoms with van der Waals surface area (Å²) in [5, 5.41) is 22.4. The Bertz CT molecular complexity index is 1590. The van der Waals surface area contributed by atoms with Crippen molar-refractivity contribution in [3.8, 4) is 11.8 Å². The summed E-state index contributed by atoms with van der Waals surface area (Å²) in [7, 11) is 0. The number of nitriles is 1. The second kappa shape index (κ2) is 9.89. The SMILES string of the molecule is CC(C#N)(c1ccc(Cl)c(C(F)(F)F)c1)c1c(Cl)cc(-n2nc(C(=O)NC(=O)O)c(=O)[nH]c2=O)cc1Cl. The molecule has 0 saturated carbocycles. The highest BCUT2D eigenvalue weighted by atomic mass is 35.5. The molecule has 0 spiro atoms. The smallest absolute Gasteiger partial charge is 0.417 e. The van der Waals surface area contributed by atoms with Crippen molar-refractivity contribution in [2.24, 2.45) is 0 Å². The van der Waals surface area contributed by atoms with E-state index in [1.807, 2.05) is 6.07 Å². The Labute approximate surface area is 218 Å². The lowest BCUT2D eigenvalue weighted by atomic mass is 9.77. The van der Waals surface area contributed by atoms with Crippen molar-refractivity contribution in [1.29, 1.82) is 5.26 Å². The van der Waals surface area contributed by atoms with E-state index in [0.717, 1.165) is 18.2 Å². The monoisotopic (exact) mass is 575 g/mol. The van der Waals surface area contributed by atoms with Crippen LogP contribution in [0, 0.1) is 11.3 Å². The highest BCUT2D eigenvalue weighted by Gasteiger charge is 2.38. The number of carbonyl (C=O) groups is 2. The quantitative estimate of drug-likeness (QED) is 0.421. The molecule has 3 aromatic rings. The van der Waals surface area contributed by atoms with E-state index in [2.05, 4.69) is 5.10 Å². The molecule has 2 amide bonds. The Hall–Kier alpha value is -3.86. The number of hydrogen-bond donors (Lipinski definition) is 3. The van der Waals surface area contributed by atoms with Crippen LogP contribution in [0.25, 0.3) is 5.69 Å². The lowest BCUT2D eigenvalue weighted by Gasteiger charge is -2.26. The first-order valence-electron chi connectivity index (χ1n) is 9.66. The van der Waals surface area contributed by atoms with Gasteiger partial charge in [0.15, 0.2) is 0 Å². The van der Waals surface area contributed by atoms with E-state index < -0.39 is 51.1 Å². The molecular weight excluding hydrogens is 566 g/mol. The minimum absolute atomic E-state index is 0.126. The number of halogens is 6. The first kappa shape index (κ1) is 27.7. The molecule has 1 unspecified atom stereocenters. The van der Waals surface area contributed by atoms with Crippen molar-refractivity contribution >= 4 is 46.8 Å². The number of rotatable bonds is 4. The molecule has 0 saturated heterocycles. The van der Waals surface area contributed by atoms with Crippen molar-refractivity contribution < 1.29 is 27.9 Å². The molecule has 0 aliphatic carbocycles. The van der Waals surface area contributed by atoms with Crippen LogP contribution < -0.4 is 16.6 Å². The largest absolute Gasteiger partial charge is 0.465 e. The summed E-state index contributed by atoms with van der Waals surface area (Å²) < 4.78 is 40.7. The number of alkyl halides is 3. The van der Waals surface area contributed by atoms with Crippen LogP contribution in [-0.4, -0.2) is 31.9 Å². The van der Waals surface area contributed by atoms with E-state index in [1.165, 1.54) is 18.3 Å². The number of carboxylic acid groups (broad SMARTS) is 1. The molecule has 0 aliphatic heterocycles.